The molecule has 1 fully saturated rings. The Morgan fingerprint density at radius 3 is 2.95 bits per heavy atom. The zero-order chi connectivity index (χ0) is 15.4. The van der Waals surface area contributed by atoms with Crippen molar-refractivity contribution in [2.75, 3.05) is 6.61 Å². The number of carbonyl (C=O) groups excluding carboxylic acids is 1. The molecule has 5 heteroatoms. The van der Waals surface area contributed by atoms with Crippen molar-refractivity contribution in [2.45, 2.75) is 38.6 Å². The lowest BCUT2D eigenvalue weighted by Gasteiger charge is -2.29. The lowest BCUT2D eigenvalue weighted by atomic mass is 9.86. The molecule has 1 aliphatic rings. The van der Waals surface area contributed by atoms with E-state index in [1.165, 1.54) is 25.6 Å². The molecular weight excluding hydrogens is 278 g/mol. The Morgan fingerprint density at radius 1 is 1.27 bits per heavy atom. The smallest absolute Gasteiger partial charge is 0.258 e. The second-order valence-corrected chi connectivity index (χ2v) is 5.92. The Hall–Kier alpha value is -2.17. The number of carbonyl (C=O) groups is 1. The molecule has 1 aliphatic carbocycles. The zero-order valence-corrected chi connectivity index (χ0v) is 12.8. The van der Waals surface area contributed by atoms with E-state index in [2.05, 4.69) is 22.2 Å². The average Bonchev–Trinajstić information content (AvgIpc) is 2.55. The van der Waals surface area contributed by atoms with Gasteiger partial charge in [0.25, 0.3) is 5.91 Å². The van der Waals surface area contributed by atoms with Crippen molar-refractivity contribution in [3.05, 3.63) is 30.6 Å². The monoisotopic (exact) mass is 299 g/mol. The van der Waals surface area contributed by atoms with Crippen molar-refractivity contribution in [3.8, 4) is 5.88 Å². The normalized spacial score (nSPS) is 21.5. The highest BCUT2D eigenvalue weighted by molar-refractivity contribution is 5.84. The Kier molecular flexibility index (Phi) is 4.51. The highest BCUT2D eigenvalue weighted by atomic mass is 16.5. The van der Waals surface area contributed by atoms with Crippen molar-refractivity contribution >= 4 is 16.8 Å². The lowest BCUT2D eigenvalue weighted by Crippen LogP contribution is -2.43. The Morgan fingerprint density at radius 2 is 2.09 bits per heavy atom. The molecule has 1 aromatic carbocycles. The summed E-state index contributed by atoms with van der Waals surface area (Å²) in [5.41, 5.74) is 0.814. The van der Waals surface area contributed by atoms with Gasteiger partial charge in [0, 0.05) is 6.04 Å². The number of para-hydroxylation sites is 1. The third-order valence-electron chi connectivity index (χ3n) is 4.30. The van der Waals surface area contributed by atoms with E-state index in [0.29, 0.717) is 11.8 Å². The summed E-state index contributed by atoms with van der Waals surface area (Å²) in [5.74, 6) is 0.913. The fourth-order valence-electron chi connectivity index (χ4n) is 3.01. The van der Waals surface area contributed by atoms with E-state index in [1.807, 2.05) is 24.3 Å². The molecule has 1 saturated carbocycles. The van der Waals surface area contributed by atoms with E-state index in [0.717, 1.165) is 17.3 Å². The number of fused-ring (bicyclic) bond motifs is 1. The first-order chi connectivity index (χ1) is 10.7. The van der Waals surface area contributed by atoms with Gasteiger partial charge in [0.05, 0.1) is 10.9 Å². The Labute approximate surface area is 130 Å². The summed E-state index contributed by atoms with van der Waals surface area (Å²) >= 11 is 0. The van der Waals surface area contributed by atoms with Crippen LogP contribution in [0.3, 0.4) is 0 Å². The number of rotatable bonds is 4. The molecule has 0 bridgehead atoms. The highest BCUT2D eigenvalue weighted by Gasteiger charge is 2.22. The quantitative estimate of drug-likeness (QED) is 0.942. The summed E-state index contributed by atoms with van der Waals surface area (Å²) in [6.07, 6.45) is 6.15. The van der Waals surface area contributed by atoms with Crippen molar-refractivity contribution < 1.29 is 9.53 Å². The fourth-order valence-corrected chi connectivity index (χ4v) is 3.01. The molecule has 3 rings (SSSR count). The third-order valence-corrected chi connectivity index (χ3v) is 4.30. The van der Waals surface area contributed by atoms with E-state index in [9.17, 15) is 4.79 Å². The fraction of sp³-hybridized carbons (Fsp3) is 0.471. The van der Waals surface area contributed by atoms with Crippen LogP contribution in [0, 0.1) is 5.92 Å². The average molecular weight is 299 g/mol. The first-order valence-electron chi connectivity index (χ1n) is 7.86. The van der Waals surface area contributed by atoms with Gasteiger partial charge in [-0.1, -0.05) is 31.9 Å². The van der Waals surface area contributed by atoms with Gasteiger partial charge >= 0.3 is 0 Å². The lowest BCUT2D eigenvalue weighted by molar-refractivity contribution is -0.124. The summed E-state index contributed by atoms with van der Waals surface area (Å²) in [6.45, 7) is 2.19. The second-order valence-electron chi connectivity index (χ2n) is 5.92. The van der Waals surface area contributed by atoms with E-state index in [-0.39, 0.29) is 18.6 Å². The molecule has 22 heavy (non-hydrogen) atoms. The number of nitrogens with zero attached hydrogens (tertiary/aromatic N) is 2. The number of hydrogen-bond donors (Lipinski definition) is 1. The topological polar surface area (TPSA) is 64.1 Å². The number of aromatic nitrogens is 2. The molecule has 116 valence electrons. The SMILES string of the molecule is C[C@@H]1CCCC[C@@H]1NC(=O)COc1ncnc2ccccc12. The molecule has 0 radical (unpaired) electrons. The minimum atomic E-state index is -0.0820. The molecule has 1 aromatic heterocycles. The highest BCUT2D eigenvalue weighted by Crippen LogP contribution is 2.24. The summed E-state index contributed by atoms with van der Waals surface area (Å²) in [7, 11) is 0. The van der Waals surface area contributed by atoms with Crippen molar-refractivity contribution in [3.63, 3.8) is 0 Å². The van der Waals surface area contributed by atoms with Crippen LogP contribution in [-0.4, -0.2) is 28.5 Å². The van der Waals surface area contributed by atoms with Gasteiger partial charge in [0.2, 0.25) is 5.88 Å². The maximum Gasteiger partial charge on any atom is 0.258 e. The molecule has 0 unspecified atom stereocenters. The van der Waals surface area contributed by atoms with Crippen molar-refractivity contribution in [1.82, 2.24) is 15.3 Å². The second kappa shape index (κ2) is 6.73. The van der Waals surface area contributed by atoms with Gasteiger partial charge in [-0.05, 0) is 30.9 Å². The van der Waals surface area contributed by atoms with Gasteiger partial charge in [-0.3, -0.25) is 4.79 Å². The Balaban J connectivity index is 1.60. The number of hydrogen-bond acceptors (Lipinski definition) is 4. The predicted molar refractivity (Wildman–Crippen MR) is 84.6 cm³/mol. The molecule has 1 amide bonds. The summed E-state index contributed by atoms with van der Waals surface area (Å²) in [6, 6.07) is 7.88. The summed E-state index contributed by atoms with van der Waals surface area (Å²) < 4.78 is 5.59. The van der Waals surface area contributed by atoms with E-state index in [4.69, 9.17) is 4.74 Å². The standard InChI is InChI=1S/C17H21N3O2/c1-12-6-2-4-8-14(12)20-16(21)10-22-17-13-7-3-5-9-15(13)18-11-19-17/h3,5,7,9,11-12,14H,2,4,6,8,10H2,1H3,(H,20,21)/t12-,14+/m1/s1. The minimum absolute atomic E-state index is 0.00969. The van der Waals surface area contributed by atoms with Crippen molar-refractivity contribution in [2.24, 2.45) is 5.92 Å². The van der Waals surface area contributed by atoms with Crippen LogP contribution < -0.4 is 10.1 Å². The van der Waals surface area contributed by atoms with E-state index in [1.54, 1.807) is 0 Å². The molecule has 0 spiro atoms. The molecule has 2 aromatic rings. The van der Waals surface area contributed by atoms with E-state index >= 15 is 0 Å². The van der Waals surface area contributed by atoms with Crippen LogP contribution >= 0.6 is 0 Å². The molecule has 2 atom stereocenters. The molecular formula is C17H21N3O2. The van der Waals surface area contributed by atoms with Crippen LogP contribution in [0.15, 0.2) is 30.6 Å². The largest absolute Gasteiger partial charge is 0.467 e. The van der Waals surface area contributed by atoms with Crippen LogP contribution in [-0.2, 0) is 4.79 Å². The number of nitrogens with one attached hydrogen (secondary N) is 1. The third kappa shape index (κ3) is 3.35. The number of ether oxygens (including phenoxy) is 1. The van der Waals surface area contributed by atoms with Gasteiger partial charge < -0.3 is 10.1 Å². The molecule has 0 aliphatic heterocycles. The van der Waals surface area contributed by atoms with Gasteiger partial charge in [0.15, 0.2) is 6.61 Å². The molecule has 5 nitrogen and oxygen atoms in total. The maximum absolute atomic E-state index is 12.1. The van der Waals surface area contributed by atoms with Crippen LogP contribution in [0.5, 0.6) is 5.88 Å². The van der Waals surface area contributed by atoms with Crippen molar-refractivity contribution in [1.29, 1.82) is 0 Å². The first kappa shape index (κ1) is 14.8. The van der Waals surface area contributed by atoms with Crippen LogP contribution in [0.4, 0.5) is 0 Å². The van der Waals surface area contributed by atoms with Crippen LogP contribution in [0.1, 0.15) is 32.6 Å². The first-order valence-corrected chi connectivity index (χ1v) is 7.86. The molecule has 1 N–H and O–H groups in total. The predicted octanol–water partition coefficient (Wildman–Crippen LogP) is 2.70. The van der Waals surface area contributed by atoms with E-state index < -0.39 is 0 Å². The van der Waals surface area contributed by atoms with Gasteiger partial charge in [-0.2, -0.15) is 0 Å². The summed E-state index contributed by atoms with van der Waals surface area (Å²) in [5, 5.41) is 3.90. The molecule has 0 saturated heterocycles. The molecule has 1 heterocycles. The number of benzene rings is 1. The van der Waals surface area contributed by atoms with Gasteiger partial charge in [0.1, 0.15) is 6.33 Å². The summed E-state index contributed by atoms with van der Waals surface area (Å²) in [4.78, 5) is 20.4. The zero-order valence-electron chi connectivity index (χ0n) is 12.8. The Bertz CT molecular complexity index is 654. The number of amides is 1. The maximum atomic E-state index is 12.1. The minimum Gasteiger partial charge on any atom is -0.467 e. The van der Waals surface area contributed by atoms with Crippen LogP contribution in [0.2, 0.25) is 0 Å². The van der Waals surface area contributed by atoms with Gasteiger partial charge in [-0.15, -0.1) is 0 Å². The van der Waals surface area contributed by atoms with Gasteiger partial charge in [-0.25, -0.2) is 9.97 Å². The van der Waals surface area contributed by atoms with Crippen LogP contribution in [0.25, 0.3) is 10.9 Å².